The van der Waals surface area contributed by atoms with E-state index in [1.807, 2.05) is 24.3 Å². The molecule has 0 radical (unpaired) electrons. The number of sulfone groups is 1. The molecule has 1 aromatic carbocycles. The number of nitrogens with one attached hydrogen (secondary N) is 2. The lowest BCUT2D eigenvalue weighted by molar-refractivity contribution is 0.261. The van der Waals surface area contributed by atoms with Crippen LogP contribution < -0.4 is 15.4 Å². The summed E-state index contributed by atoms with van der Waals surface area (Å²) in [6, 6.07) is 8.01. The Kier molecular flexibility index (Phi) is 7.58. The van der Waals surface area contributed by atoms with Gasteiger partial charge in [0.2, 0.25) is 0 Å². The summed E-state index contributed by atoms with van der Waals surface area (Å²) in [5, 5.41) is 6.51. The number of para-hydroxylation sites is 1. The van der Waals surface area contributed by atoms with Crippen molar-refractivity contribution in [2.45, 2.75) is 18.9 Å². The first kappa shape index (κ1) is 20.8. The summed E-state index contributed by atoms with van der Waals surface area (Å²) >= 11 is 0. The first-order chi connectivity index (χ1) is 12.1. The van der Waals surface area contributed by atoms with Crippen LogP contribution in [-0.2, 0) is 9.84 Å². The monoisotopic (exact) mass is 489 g/mol. The summed E-state index contributed by atoms with van der Waals surface area (Å²) in [4.78, 5) is 4.57. The SMILES string of the molecule is C#CCNC(=NCC1CCS(=O)(=O)C1)NC1CCOc2ccccc21.I. The zero-order valence-electron chi connectivity index (χ0n) is 14.5. The van der Waals surface area contributed by atoms with E-state index < -0.39 is 9.84 Å². The van der Waals surface area contributed by atoms with Gasteiger partial charge in [0, 0.05) is 18.5 Å². The number of guanidine groups is 1. The molecule has 2 aliphatic rings. The molecule has 2 atom stereocenters. The molecule has 6 nitrogen and oxygen atoms in total. The highest BCUT2D eigenvalue weighted by atomic mass is 127. The van der Waals surface area contributed by atoms with Gasteiger partial charge in [0.05, 0.1) is 30.7 Å². The standard InChI is InChI=1S/C18H23N3O3S.HI/c1-2-9-19-18(20-12-14-8-11-25(22,23)13-14)21-16-7-10-24-17-6-4-3-5-15(16)17;/h1,3-6,14,16H,7-13H2,(H2,19,20,21);1H. The molecule has 2 heterocycles. The van der Waals surface area contributed by atoms with E-state index in [0.717, 1.165) is 17.7 Å². The quantitative estimate of drug-likeness (QED) is 0.292. The van der Waals surface area contributed by atoms with E-state index >= 15 is 0 Å². The normalized spacial score (nSPS) is 23.7. The fourth-order valence-electron chi connectivity index (χ4n) is 3.18. The first-order valence-corrected chi connectivity index (χ1v) is 10.3. The van der Waals surface area contributed by atoms with E-state index in [9.17, 15) is 8.42 Å². The van der Waals surface area contributed by atoms with Crippen molar-refractivity contribution in [2.24, 2.45) is 10.9 Å². The highest BCUT2D eigenvalue weighted by Crippen LogP contribution is 2.31. The maximum Gasteiger partial charge on any atom is 0.192 e. The maximum absolute atomic E-state index is 11.6. The summed E-state index contributed by atoms with van der Waals surface area (Å²) in [6.07, 6.45) is 6.85. The predicted molar refractivity (Wildman–Crippen MR) is 114 cm³/mol. The Labute approximate surface area is 172 Å². The topological polar surface area (TPSA) is 79.8 Å². The molecule has 1 saturated heterocycles. The number of hydrogen-bond acceptors (Lipinski definition) is 4. The van der Waals surface area contributed by atoms with Crippen molar-refractivity contribution in [2.75, 3.05) is 31.2 Å². The Balaban J connectivity index is 0.00000243. The van der Waals surface area contributed by atoms with Gasteiger partial charge < -0.3 is 15.4 Å². The van der Waals surface area contributed by atoms with Crippen molar-refractivity contribution in [1.29, 1.82) is 0 Å². The van der Waals surface area contributed by atoms with Crippen LogP contribution in [0.25, 0.3) is 0 Å². The molecular formula is C18H24IN3O3S. The van der Waals surface area contributed by atoms with Gasteiger partial charge in [-0.05, 0) is 18.4 Å². The van der Waals surface area contributed by atoms with Gasteiger partial charge in [-0.1, -0.05) is 24.1 Å². The van der Waals surface area contributed by atoms with E-state index in [1.54, 1.807) is 0 Å². The third-order valence-electron chi connectivity index (χ3n) is 4.46. The lowest BCUT2D eigenvalue weighted by atomic mass is 10.0. The number of halogens is 1. The fourth-order valence-corrected chi connectivity index (χ4v) is 5.03. The average Bonchev–Trinajstić information content (AvgIpc) is 2.96. The molecule has 1 aromatic rings. The molecular weight excluding hydrogens is 465 g/mol. The van der Waals surface area contributed by atoms with Gasteiger partial charge in [-0.25, -0.2) is 8.42 Å². The summed E-state index contributed by atoms with van der Waals surface area (Å²) in [7, 11) is -2.89. The second-order valence-corrected chi connectivity index (χ2v) is 8.62. The number of rotatable bonds is 4. The van der Waals surface area contributed by atoms with Crippen molar-refractivity contribution in [1.82, 2.24) is 10.6 Å². The summed E-state index contributed by atoms with van der Waals surface area (Å²) < 4.78 is 28.9. The van der Waals surface area contributed by atoms with Crippen LogP contribution in [0, 0.1) is 18.3 Å². The van der Waals surface area contributed by atoms with Crippen LogP contribution >= 0.6 is 24.0 Å². The fraction of sp³-hybridized carbons (Fsp3) is 0.500. The van der Waals surface area contributed by atoms with Gasteiger partial charge >= 0.3 is 0 Å². The third kappa shape index (κ3) is 5.51. The largest absolute Gasteiger partial charge is 0.493 e. The number of fused-ring (bicyclic) bond motifs is 1. The molecule has 0 saturated carbocycles. The second kappa shape index (κ2) is 9.46. The molecule has 0 spiro atoms. The van der Waals surface area contributed by atoms with E-state index in [4.69, 9.17) is 11.2 Å². The Morgan fingerprint density at radius 3 is 2.88 bits per heavy atom. The number of aliphatic imine (C=N–C) groups is 1. The smallest absolute Gasteiger partial charge is 0.192 e. The number of terminal acetylenes is 1. The Hall–Kier alpha value is -1.47. The Morgan fingerprint density at radius 2 is 2.15 bits per heavy atom. The van der Waals surface area contributed by atoms with Crippen molar-refractivity contribution >= 4 is 39.8 Å². The molecule has 0 aliphatic carbocycles. The lowest BCUT2D eigenvalue weighted by Crippen LogP contribution is -2.41. The maximum atomic E-state index is 11.6. The van der Waals surface area contributed by atoms with Gasteiger partial charge in [0.25, 0.3) is 0 Å². The minimum atomic E-state index is -2.89. The highest BCUT2D eigenvalue weighted by molar-refractivity contribution is 14.0. The van der Waals surface area contributed by atoms with Crippen molar-refractivity contribution in [3.05, 3.63) is 29.8 Å². The molecule has 142 valence electrons. The summed E-state index contributed by atoms with van der Waals surface area (Å²) in [5.74, 6) is 4.60. The first-order valence-electron chi connectivity index (χ1n) is 8.48. The Morgan fingerprint density at radius 1 is 1.35 bits per heavy atom. The van der Waals surface area contributed by atoms with Gasteiger partial charge in [0.15, 0.2) is 15.8 Å². The van der Waals surface area contributed by atoms with E-state index in [2.05, 4.69) is 21.5 Å². The van der Waals surface area contributed by atoms with Crippen LogP contribution in [0.4, 0.5) is 0 Å². The average molecular weight is 489 g/mol. The van der Waals surface area contributed by atoms with Crippen LogP contribution in [0.15, 0.2) is 29.3 Å². The molecule has 2 aliphatic heterocycles. The van der Waals surface area contributed by atoms with Crippen molar-refractivity contribution in [3.8, 4) is 18.1 Å². The third-order valence-corrected chi connectivity index (χ3v) is 6.30. The van der Waals surface area contributed by atoms with Gasteiger partial charge in [-0.15, -0.1) is 30.4 Å². The minimum Gasteiger partial charge on any atom is -0.493 e. The number of hydrogen-bond donors (Lipinski definition) is 2. The van der Waals surface area contributed by atoms with Crippen LogP contribution in [-0.4, -0.2) is 45.6 Å². The molecule has 0 bridgehead atoms. The lowest BCUT2D eigenvalue weighted by Gasteiger charge is -2.28. The summed E-state index contributed by atoms with van der Waals surface area (Å²) in [6.45, 7) is 1.47. The zero-order valence-corrected chi connectivity index (χ0v) is 17.6. The van der Waals surface area contributed by atoms with E-state index in [0.29, 0.717) is 32.1 Å². The molecule has 2 unspecified atom stereocenters. The molecule has 2 N–H and O–H groups in total. The highest BCUT2D eigenvalue weighted by Gasteiger charge is 2.28. The Bertz CT molecular complexity index is 789. The molecule has 26 heavy (non-hydrogen) atoms. The summed E-state index contributed by atoms with van der Waals surface area (Å²) in [5.41, 5.74) is 1.09. The van der Waals surface area contributed by atoms with Gasteiger partial charge in [0.1, 0.15) is 5.75 Å². The second-order valence-electron chi connectivity index (χ2n) is 6.39. The van der Waals surface area contributed by atoms with E-state index in [1.165, 1.54) is 0 Å². The predicted octanol–water partition coefficient (Wildman–Crippen LogP) is 1.73. The van der Waals surface area contributed by atoms with Crippen LogP contribution in [0.2, 0.25) is 0 Å². The minimum absolute atomic E-state index is 0. The van der Waals surface area contributed by atoms with Crippen LogP contribution in [0.1, 0.15) is 24.4 Å². The van der Waals surface area contributed by atoms with Crippen LogP contribution in [0.5, 0.6) is 5.75 Å². The molecule has 1 fully saturated rings. The van der Waals surface area contributed by atoms with Crippen molar-refractivity contribution < 1.29 is 13.2 Å². The molecule has 8 heteroatoms. The molecule has 0 aromatic heterocycles. The van der Waals surface area contributed by atoms with Crippen LogP contribution in [0.3, 0.4) is 0 Å². The number of ether oxygens (including phenoxy) is 1. The van der Waals surface area contributed by atoms with Gasteiger partial charge in [-0.3, -0.25) is 4.99 Å². The van der Waals surface area contributed by atoms with E-state index in [-0.39, 0.29) is 47.4 Å². The van der Waals surface area contributed by atoms with Gasteiger partial charge in [-0.2, -0.15) is 0 Å². The number of nitrogens with zero attached hydrogens (tertiary/aromatic N) is 1. The number of benzene rings is 1. The van der Waals surface area contributed by atoms with Crippen molar-refractivity contribution in [3.63, 3.8) is 0 Å². The zero-order chi connectivity index (χ0) is 17.7. The molecule has 3 rings (SSSR count). The molecule has 0 amide bonds.